The maximum atomic E-state index is 13.3. The van der Waals surface area contributed by atoms with E-state index in [1.165, 1.54) is 6.07 Å². The SMILES string of the molecule is O=C(OCc1ccc(F)cc1F)c1ccccc1. The first-order chi connectivity index (χ1) is 8.66. The number of hydrogen-bond acceptors (Lipinski definition) is 2. The predicted octanol–water partition coefficient (Wildman–Crippen LogP) is 3.32. The summed E-state index contributed by atoms with van der Waals surface area (Å²) in [4.78, 5) is 11.6. The summed E-state index contributed by atoms with van der Waals surface area (Å²) < 4.78 is 30.9. The number of hydrogen-bond donors (Lipinski definition) is 0. The van der Waals surface area contributed by atoms with E-state index in [1.54, 1.807) is 30.3 Å². The number of esters is 1. The molecule has 92 valence electrons. The van der Waals surface area contributed by atoms with Gasteiger partial charge in [-0.2, -0.15) is 0 Å². The summed E-state index contributed by atoms with van der Waals surface area (Å²) >= 11 is 0. The van der Waals surface area contributed by atoms with Crippen LogP contribution in [0, 0.1) is 11.6 Å². The van der Waals surface area contributed by atoms with E-state index >= 15 is 0 Å². The van der Waals surface area contributed by atoms with Crippen LogP contribution in [-0.2, 0) is 11.3 Å². The third-order valence-corrected chi connectivity index (χ3v) is 2.38. The molecule has 0 heterocycles. The zero-order valence-corrected chi connectivity index (χ0v) is 9.40. The Hall–Kier alpha value is -2.23. The maximum absolute atomic E-state index is 13.3. The molecule has 18 heavy (non-hydrogen) atoms. The minimum absolute atomic E-state index is 0.140. The van der Waals surface area contributed by atoms with E-state index in [0.717, 1.165) is 12.1 Å². The van der Waals surface area contributed by atoms with Crippen LogP contribution < -0.4 is 0 Å². The van der Waals surface area contributed by atoms with Crippen LogP contribution in [0.1, 0.15) is 15.9 Å². The van der Waals surface area contributed by atoms with E-state index < -0.39 is 17.6 Å². The summed E-state index contributed by atoms with van der Waals surface area (Å²) in [6, 6.07) is 11.5. The topological polar surface area (TPSA) is 26.3 Å². The Kier molecular flexibility index (Phi) is 3.67. The fourth-order valence-corrected chi connectivity index (χ4v) is 1.44. The smallest absolute Gasteiger partial charge is 0.338 e. The van der Waals surface area contributed by atoms with Crippen molar-refractivity contribution in [3.63, 3.8) is 0 Å². The summed E-state index contributed by atoms with van der Waals surface area (Å²) in [5.41, 5.74) is 0.528. The van der Waals surface area contributed by atoms with Crippen molar-refractivity contribution in [1.82, 2.24) is 0 Å². The van der Waals surface area contributed by atoms with Gasteiger partial charge >= 0.3 is 5.97 Å². The van der Waals surface area contributed by atoms with Gasteiger partial charge in [-0.1, -0.05) is 18.2 Å². The Morgan fingerprint density at radius 3 is 2.44 bits per heavy atom. The minimum Gasteiger partial charge on any atom is -0.457 e. The Bertz CT molecular complexity index is 553. The van der Waals surface area contributed by atoms with Crippen LogP contribution in [0.15, 0.2) is 48.5 Å². The zero-order valence-electron chi connectivity index (χ0n) is 9.40. The van der Waals surface area contributed by atoms with Gasteiger partial charge in [0, 0.05) is 11.6 Å². The molecule has 0 radical (unpaired) electrons. The summed E-state index contributed by atoms with van der Waals surface area (Å²) in [7, 11) is 0. The summed E-state index contributed by atoms with van der Waals surface area (Å²) in [6.07, 6.45) is 0. The molecule has 0 saturated heterocycles. The fourth-order valence-electron chi connectivity index (χ4n) is 1.44. The highest BCUT2D eigenvalue weighted by atomic mass is 19.1. The second-order valence-corrected chi connectivity index (χ2v) is 3.68. The van der Waals surface area contributed by atoms with E-state index in [4.69, 9.17) is 4.74 Å². The van der Waals surface area contributed by atoms with Crippen molar-refractivity contribution in [3.05, 3.63) is 71.3 Å². The van der Waals surface area contributed by atoms with Crippen LogP contribution in [-0.4, -0.2) is 5.97 Å². The molecule has 2 nitrogen and oxygen atoms in total. The van der Waals surface area contributed by atoms with E-state index in [0.29, 0.717) is 5.56 Å². The first-order valence-corrected chi connectivity index (χ1v) is 5.33. The molecule has 0 atom stereocenters. The maximum Gasteiger partial charge on any atom is 0.338 e. The highest BCUT2D eigenvalue weighted by Crippen LogP contribution is 2.12. The van der Waals surface area contributed by atoms with Gasteiger partial charge in [0.15, 0.2) is 0 Å². The molecule has 0 bridgehead atoms. The van der Waals surface area contributed by atoms with Gasteiger partial charge in [-0.25, -0.2) is 13.6 Å². The molecular formula is C14H10F2O2. The quantitative estimate of drug-likeness (QED) is 0.779. The van der Waals surface area contributed by atoms with Gasteiger partial charge in [0.2, 0.25) is 0 Å². The molecule has 0 aliphatic carbocycles. The summed E-state index contributed by atoms with van der Waals surface area (Å²) in [5.74, 6) is -1.93. The van der Waals surface area contributed by atoms with Gasteiger partial charge in [-0.05, 0) is 24.3 Å². The Morgan fingerprint density at radius 2 is 1.78 bits per heavy atom. The number of ether oxygens (including phenoxy) is 1. The van der Waals surface area contributed by atoms with Gasteiger partial charge in [0.1, 0.15) is 18.2 Å². The normalized spacial score (nSPS) is 10.1. The van der Waals surface area contributed by atoms with Crippen molar-refractivity contribution in [2.45, 2.75) is 6.61 Å². The third-order valence-electron chi connectivity index (χ3n) is 2.38. The molecule has 0 aliphatic rings. The molecule has 0 aromatic heterocycles. The molecule has 2 aromatic carbocycles. The highest BCUT2D eigenvalue weighted by Gasteiger charge is 2.09. The van der Waals surface area contributed by atoms with Crippen molar-refractivity contribution in [2.75, 3.05) is 0 Å². The van der Waals surface area contributed by atoms with Crippen LogP contribution >= 0.6 is 0 Å². The average Bonchev–Trinajstić information content (AvgIpc) is 2.38. The second-order valence-electron chi connectivity index (χ2n) is 3.68. The molecule has 2 rings (SSSR count). The predicted molar refractivity (Wildman–Crippen MR) is 61.9 cm³/mol. The molecule has 0 fully saturated rings. The van der Waals surface area contributed by atoms with Crippen LogP contribution in [0.4, 0.5) is 8.78 Å². The van der Waals surface area contributed by atoms with Crippen molar-refractivity contribution in [1.29, 1.82) is 0 Å². The molecule has 0 unspecified atom stereocenters. The van der Waals surface area contributed by atoms with Crippen molar-refractivity contribution in [2.24, 2.45) is 0 Å². The Labute approximate surface area is 103 Å². The molecule has 2 aromatic rings. The zero-order chi connectivity index (χ0) is 13.0. The van der Waals surface area contributed by atoms with E-state index in [1.807, 2.05) is 0 Å². The number of carbonyl (C=O) groups is 1. The van der Waals surface area contributed by atoms with E-state index in [-0.39, 0.29) is 12.2 Å². The number of benzene rings is 2. The Morgan fingerprint density at radius 1 is 1.06 bits per heavy atom. The van der Waals surface area contributed by atoms with E-state index in [9.17, 15) is 13.6 Å². The summed E-state index contributed by atoms with van der Waals surface area (Å²) in [6.45, 7) is -0.222. The van der Waals surface area contributed by atoms with Gasteiger partial charge in [0.25, 0.3) is 0 Å². The summed E-state index contributed by atoms with van der Waals surface area (Å²) in [5, 5.41) is 0. The fraction of sp³-hybridized carbons (Fsp3) is 0.0714. The van der Waals surface area contributed by atoms with Crippen LogP contribution in [0.25, 0.3) is 0 Å². The first kappa shape index (κ1) is 12.2. The lowest BCUT2D eigenvalue weighted by Crippen LogP contribution is -2.06. The molecule has 4 heteroatoms. The molecular weight excluding hydrogens is 238 g/mol. The van der Waals surface area contributed by atoms with Gasteiger partial charge in [-0.15, -0.1) is 0 Å². The van der Waals surface area contributed by atoms with Crippen LogP contribution in [0.5, 0.6) is 0 Å². The number of halogens is 2. The van der Waals surface area contributed by atoms with Gasteiger partial charge < -0.3 is 4.74 Å². The first-order valence-electron chi connectivity index (χ1n) is 5.33. The number of carbonyl (C=O) groups excluding carboxylic acids is 1. The van der Waals surface area contributed by atoms with Gasteiger partial charge in [-0.3, -0.25) is 0 Å². The standard InChI is InChI=1S/C14H10F2O2/c15-12-7-6-11(13(16)8-12)9-18-14(17)10-4-2-1-3-5-10/h1-8H,9H2. The van der Waals surface area contributed by atoms with Crippen molar-refractivity contribution < 1.29 is 18.3 Å². The lowest BCUT2D eigenvalue weighted by atomic mass is 10.2. The molecule has 0 amide bonds. The lowest BCUT2D eigenvalue weighted by molar-refractivity contribution is 0.0469. The number of rotatable bonds is 3. The van der Waals surface area contributed by atoms with Crippen molar-refractivity contribution >= 4 is 5.97 Å². The van der Waals surface area contributed by atoms with Crippen LogP contribution in [0.2, 0.25) is 0 Å². The van der Waals surface area contributed by atoms with Crippen LogP contribution in [0.3, 0.4) is 0 Å². The van der Waals surface area contributed by atoms with Gasteiger partial charge in [0.05, 0.1) is 5.56 Å². The molecule has 0 spiro atoms. The lowest BCUT2D eigenvalue weighted by Gasteiger charge is -2.05. The monoisotopic (exact) mass is 248 g/mol. The third kappa shape index (κ3) is 2.91. The second kappa shape index (κ2) is 5.40. The van der Waals surface area contributed by atoms with Crippen molar-refractivity contribution in [3.8, 4) is 0 Å². The minimum atomic E-state index is -0.726. The molecule has 0 saturated carbocycles. The largest absolute Gasteiger partial charge is 0.457 e. The van der Waals surface area contributed by atoms with E-state index in [2.05, 4.69) is 0 Å². The Balaban J connectivity index is 2.02. The molecule has 0 N–H and O–H groups in total. The molecule has 0 aliphatic heterocycles. The average molecular weight is 248 g/mol. The highest BCUT2D eigenvalue weighted by molar-refractivity contribution is 5.89.